The molecule has 0 saturated heterocycles. The number of sulfonamides is 1. The summed E-state index contributed by atoms with van der Waals surface area (Å²) < 4.78 is 25.8. The number of hydrogen-bond donors (Lipinski definition) is 3. The molecular weight excluding hydrogens is 336 g/mol. The molecule has 0 fully saturated rings. The highest BCUT2D eigenvalue weighted by Gasteiger charge is 2.10. The van der Waals surface area contributed by atoms with Gasteiger partial charge in [0.05, 0.1) is 11.4 Å². The molecule has 25 heavy (non-hydrogen) atoms. The molecule has 2 aromatic carbocycles. The van der Waals surface area contributed by atoms with Gasteiger partial charge in [-0.25, -0.2) is 18.1 Å². The van der Waals surface area contributed by atoms with Crippen LogP contribution < -0.4 is 15.4 Å². The molecule has 134 valence electrons. The van der Waals surface area contributed by atoms with Gasteiger partial charge < -0.3 is 10.6 Å². The van der Waals surface area contributed by atoms with Crippen molar-refractivity contribution >= 4 is 16.0 Å². The van der Waals surface area contributed by atoms with E-state index in [4.69, 9.17) is 0 Å². The smallest absolute Gasteiger partial charge is 0.240 e. The SMILES string of the molecule is CCNC(=NCc1ccccc1)NCc1ccc(S(=O)(=O)NC)cc1. The molecule has 0 aliphatic carbocycles. The summed E-state index contributed by atoms with van der Waals surface area (Å²) in [6.45, 7) is 3.92. The predicted molar refractivity (Wildman–Crippen MR) is 101 cm³/mol. The van der Waals surface area contributed by atoms with E-state index in [1.807, 2.05) is 37.3 Å². The molecule has 0 aromatic heterocycles. The Labute approximate surface area is 149 Å². The Balaban J connectivity index is 1.98. The van der Waals surface area contributed by atoms with E-state index in [0.29, 0.717) is 13.1 Å². The zero-order chi connectivity index (χ0) is 18.1. The van der Waals surface area contributed by atoms with E-state index < -0.39 is 10.0 Å². The van der Waals surface area contributed by atoms with Crippen LogP contribution in [0.4, 0.5) is 0 Å². The van der Waals surface area contributed by atoms with Gasteiger partial charge in [-0.15, -0.1) is 0 Å². The normalized spacial score (nSPS) is 12.0. The molecule has 0 spiro atoms. The third kappa shape index (κ3) is 5.88. The molecule has 3 N–H and O–H groups in total. The van der Waals surface area contributed by atoms with Gasteiger partial charge in [0.1, 0.15) is 0 Å². The van der Waals surface area contributed by atoms with Crippen LogP contribution in [-0.4, -0.2) is 28.0 Å². The van der Waals surface area contributed by atoms with E-state index in [0.717, 1.165) is 23.6 Å². The lowest BCUT2D eigenvalue weighted by Crippen LogP contribution is -2.36. The second-order valence-electron chi connectivity index (χ2n) is 5.39. The Bertz CT molecular complexity index is 788. The Hall–Kier alpha value is -2.38. The minimum atomic E-state index is -3.40. The van der Waals surface area contributed by atoms with Crippen molar-refractivity contribution in [3.63, 3.8) is 0 Å². The Morgan fingerprint density at radius 2 is 1.64 bits per heavy atom. The fourth-order valence-corrected chi connectivity index (χ4v) is 2.92. The van der Waals surface area contributed by atoms with E-state index in [-0.39, 0.29) is 4.90 Å². The summed E-state index contributed by atoms with van der Waals surface area (Å²) >= 11 is 0. The average Bonchev–Trinajstić information content (AvgIpc) is 2.65. The maximum Gasteiger partial charge on any atom is 0.240 e. The molecule has 0 amide bonds. The standard InChI is InChI=1S/C18H24N4O2S/c1-3-20-18(21-13-15-7-5-4-6-8-15)22-14-16-9-11-17(12-10-16)25(23,24)19-2/h4-12,19H,3,13-14H2,1-2H3,(H2,20,21,22). The lowest BCUT2D eigenvalue weighted by Gasteiger charge is -2.12. The van der Waals surface area contributed by atoms with Gasteiger partial charge in [0, 0.05) is 13.1 Å². The molecule has 2 rings (SSSR count). The molecule has 0 atom stereocenters. The highest BCUT2D eigenvalue weighted by Crippen LogP contribution is 2.10. The van der Waals surface area contributed by atoms with Crippen LogP contribution in [0.2, 0.25) is 0 Å². The van der Waals surface area contributed by atoms with Crippen LogP contribution in [0.3, 0.4) is 0 Å². The van der Waals surface area contributed by atoms with E-state index in [1.165, 1.54) is 7.05 Å². The first kappa shape index (κ1) is 19.0. The van der Waals surface area contributed by atoms with Gasteiger partial charge in [0.25, 0.3) is 0 Å². The summed E-state index contributed by atoms with van der Waals surface area (Å²) in [6, 6.07) is 16.8. The summed E-state index contributed by atoms with van der Waals surface area (Å²) in [4.78, 5) is 4.81. The molecule has 6 nitrogen and oxygen atoms in total. The number of guanidine groups is 1. The van der Waals surface area contributed by atoms with Crippen molar-refractivity contribution in [3.8, 4) is 0 Å². The van der Waals surface area contributed by atoms with E-state index in [9.17, 15) is 8.42 Å². The lowest BCUT2D eigenvalue weighted by atomic mass is 10.2. The van der Waals surface area contributed by atoms with Gasteiger partial charge in [-0.05, 0) is 37.2 Å². The maximum atomic E-state index is 11.7. The first-order valence-electron chi connectivity index (χ1n) is 8.13. The number of benzene rings is 2. The molecule has 0 unspecified atom stereocenters. The number of hydrogen-bond acceptors (Lipinski definition) is 3. The molecule has 0 saturated carbocycles. The van der Waals surface area contributed by atoms with Gasteiger partial charge >= 0.3 is 0 Å². The van der Waals surface area contributed by atoms with Crippen LogP contribution in [0, 0.1) is 0 Å². The summed E-state index contributed by atoms with van der Waals surface area (Å²) in [7, 11) is -2.00. The lowest BCUT2D eigenvalue weighted by molar-refractivity contribution is 0.588. The Kier molecular flexibility index (Phi) is 6.97. The van der Waals surface area contributed by atoms with Crippen molar-refractivity contribution in [1.29, 1.82) is 0 Å². The van der Waals surface area contributed by atoms with Crippen molar-refractivity contribution < 1.29 is 8.42 Å². The largest absolute Gasteiger partial charge is 0.357 e. The molecule has 0 radical (unpaired) electrons. The van der Waals surface area contributed by atoms with Gasteiger partial charge in [0.2, 0.25) is 10.0 Å². The summed E-state index contributed by atoms with van der Waals surface area (Å²) in [5.41, 5.74) is 2.11. The second kappa shape index (κ2) is 9.19. The summed E-state index contributed by atoms with van der Waals surface area (Å²) in [5.74, 6) is 0.721. The maximum absolute atomic E-state index is 11.7. The number of nitrogens with one attached hydrogen (secondary N) is 3. The van der Waals surface area contributed by atoms with Gasteiger partial charge in [-0.3, -0.25) is 0 Å². The quantitative estimate of drug-likeness (QED) is 0.520. The molecule has 7 heteroatoms. The van der Waals surface area contributed by atoms with Crippen molar-refractivity contribution in [2.24, 2.45) is 4.99 Å². The third-order valence-electron chi connectivity index (χ3n) is 3.57. The van der Waals surface area contributed by atoms with Gasteiger partial charge in [0.15, 0.2) is 5.96 Å². The van der Waals surface area contributed by atoms with E-state index in [2.05, 4.69) is 20.3 Å². The predicted octanol–water partition coefficient (Wildman–Crippen LogP) is 1.85. The summed E-state index contributed by atoms with van der Waals surface area (Å²) in [5, 5.41) is 6.45. The minimum absolute atomic E-state index is 0.253. The topological polar surface area (TPSA) is 82.6 Å². The number of rotatable bonds is 7. The molecule has 0 aliphatic heterocycles. The van der Waals surface area contributed by atoms with Crippen LogP contribution >= 0.6 is 0 Å². The van der Waals surface area contributed by atoms with E-state index >= 15 is 0 Å². The molecule has 0 aliphatic rings. The number of aliphatic imine (C=N–C) groups is 1. The van der Waals surface area contributed by atoms with Gasteiger partial charge in [-0.1, -0.05) is 42.5 Å². The molecule has 0 heterocycles. The van der Waals surface area contributed by atoms with Crippen molar-refractivity contribution in [1.82, 2.24) is 15.4 Å². The van der Waals surface area contributed by atoms with Crippen LogP contribution in [0.1, 0.15) is 18.1 Å². The third-order valence-corrected chi connectivity index (χ3v) is 5.00. The summed E-state index contributed by atoms with van der Waals surface area (Å²) in [6.07, 6.45) is 0. The van der Waals surface area contributed by atoms with Crippen molar-refractivity contribution in [2.75, 3.05) is 13.6 Å². The Morgan fingerprint density at radius 1 is 0.960 bits per heavy atom. The fourth-order valence-electron chi connectivity index (χ4n) is 2.19. The van der Waals surface area contributed by atoms with Gasteiger partial charge in [-0.2, -0.15) is 0 Å². The second-order valence-corrected chi connectivity index (χ2v) is 7.27. The van der Waals surface area contributed by atoms with E-state index in [1.54, 1.807) is 24.3 Å². The highest BCUT2D eigenvalue weighted by atomic mass is 32.2. The first-order valence-corrected chi connectivity index (χ1v) is 9.62. The zero-order valence-corrected chi connectivity index (χ0v) is 15.3. The van der Waals surface area contributed by atoms with Crippen LogP contribution in [0.5, 0.6) is 0 Å². The van der Waals surface area contributed by atoms with Crippen LogP contribution in [0.15, 0.2) is 64.5 Å². The monoisotopic (exact) mass is 360 g/mol. The van der Waals surface area contributed by atoms with Crippen LogP contribution in [-0.2, 0) is 23.1 Å². The highest BCUT2D eigenvalue weighted by molar-refractivity contribution is 7.89. The zero-order valence-electron chi connectivity index (χ0n) is 14.5. The average molecular weight is 360 g/mol. The fraction of sp³-hybridized carbons (Fsp3) is 0.278. The Morgan fingerprint density at radius 3 is 2.24 bits per heavy atom. The van der Waals surface area contributed by atoms with Crippen molar-refractivity contribution in [3.05, 3.63) is 65.7 Å². The molecular formula is C18H24N4O2S. The molecule has 0 bridgehead atoms. The van der Waals surface area contributed by atoms with Crippen LogP contribution in [0.25, 0.3) is 0 Å². The first-order chi connectivity index (χ1) is 12.0. The molecule has 2 aromatic rings. The minimum Gasteiger partial charge on any atom is -0.357 e. The van der Waals surface area contributed by atoms with Crippen molar-refractivity contribution in [2.45, 2.75) is 24.9 Å². The number of nitrogens with zero attached hydrogens (tertiary/aromatic N) is 1.